The molecule has 0 unspecified atom stereocenters. The Balaban J connectivity index is 1.53. The van der Waals surface area contributed by atoms with E-state index in [1.165, 1.54) is 54.4 Å². The zero-order valence-corrected chi connectivity index (χ0v) is 17.7. The molecule has 0 saturated heterocycles. The summed E-state index contributed by atoms with van der Waals surface area (Å²) in [6, 6.07) is 18.1. The van der Waals surface area contributed by atoms with E-state index < -0.39 is 0 Å². The Labute approximate surface area is 171 Å². The molecular formula is C27H36O. The van der Waals surface area contributed by atoms with Crippen LogP contribution in [-0.4, -0.2) is 6.61 Å². The summed E-state index contributed by atoms with van der Waals surface area (Å²) in [6.45, 7) is 5.99. The summed E-state index contributed by atoms with van der Waals surface area (Å²) in [7, 11) is 0. The standard InChI is InChI=1S/C27H36O/c1-3-5-7-22-8-12-24(13-9-22)26-16-18-27(19-17-26)25-14-10-23(11-15-25)21-28-20-6-4-2/h5,7,10-11,14-19,22,24H,3-4,6,8-9,12-13,20-21H2,1-2H3. The summed E-state index contributed by atoms with van der Waals surface area (Å²) in [4.78, 5) is 0. The van der Waals surface area contributed by atoms with Crippen molar-refractivity contribution in [1.82, 2.24) is 0 Å². The molecule has 28 heavy (non-hydrogen) atoms. The molecule has 0 amide bonds. The lowest BCUT2D eigenvalue weighted by Gasteiger charge is -2.27. The molecule has 0 aromatic heterocycles. The molecule has 1 fully saturated rings. The maximum atomic E-state index is 5.71. The van der Waals surface area contributed by atoms with E-state index in [2.05, 4.69) is 74.5 Å². The Morgan fingerprint density at radius 3 is 2.11 bits per heavy atom. The minimum absolute atomic E-state index is 0.718. The van der Waals surface area contributed by atoms with Crippen LogP contribution >= 0.6 is 0 Å². The van der Waals surface area contributed by atoms with Crippen LogP contribution in [0.1, 0.15) is 75.8 Å². The zero-order valence-electron chi connectivity index (χ0n) is 17.7. The topological polar surface area (TPSA) is 9.23 Å². The largest absolute Gasteiger partial charge is 0.377 e. The van der Waals surface area contributed by atoms with Crippen LogP contribution in [0.15, 0.2) is 60.7 Å². The molecule has 150 valence electrons. The average molecular weight is 377 g/mol. The van der Waals surface area contributed by atoms with Crippen LogP contribution in [0.25, 0.3) is 11.1 Å². The fraction of sp³-hybridized carbons (Fsp3) is 0.481. The monoisotopic (exact) mass is 376 g/mol. The van der Waals surface area contributed by atoms with Gasteiger partial charge in [-0.05, 0) is 72.6 Å². The van der Waals surface area contributed by atoms with Crippen molar-refractivity contribution < 1.29 is 4.74 Å². The number of unbranched alkanes of at least 4 members (excludes halogenated alkanes) is 1. The van der Waals surface area contributed by atoms with Crippen LogP contribution in [0, 0.1) is 5.92 Å². The quantitative estimate of drug-likeness (QED) is 0.319. The van der Waals surface area contributed by atoms with E-state index in [-0.39, 0.29) is 0 Å². The van der Waals surface area contributed by atoms with Crippen molar-refractivity contribution in [3.05, 3.63) is 71.8 Å². The van der Waals surface area contributed by atoms with Crippen LogP contribution < -0.4 is 0 Å². The van der Waals surface area contributed by atoms with E-state index in [0.717, 1.165) is 37.9 Å². The van der Waals surface area contributed by atoms with Gasteiger partial charge in [0.1, 0.15) is 0 Å². The van der Waals surface area contributed by atoms with Crippen molar-refractivity contribution in [2.24, 2.45) is 5.92 Å². The van der Waals surface area contributed by atoms with Crippen molar-refractivity contribution in [1.29, 1.82) is 0 Å². The molecule has 0 atom stereocenters. The minimum Gasteiger partial charge on any atom is -0.377 e. The minimum atomic E-state index is 0.718. The highest BCUT2D eigenvalue weighted by molar-refractivity contribution is 5.64. The first-order valence-electron chi connectivity index (χ1n) is 11.2. The van der Waals surface area contributed by atoms with Crippen LogP contribution in [0.2, 0.25) is 0 Å². The number of hydrogen-bond donors (Lipinski definition) is 0. The van der Waals surface area contributed by atoms with Gasteiger partial charge >= 0.3 is 0 Å². The predicted octanol–water partition coefficient (Wildman–Crippen LogP) is 7.91. The fourth-order valence-corrected chi connectivity index (χ4v) is 4.15. The molecule has 3 rings (SSSR count). The zero-order chi connectivity index (χ0) is 19.6. The number of rotatable bonds is 9. The summed E-state index contributed by atoms with van der Waals surface area (Å²) in [5.74, 6) is 1.54. The average Bonchev–Trinajstić information content (AvgIpc) is 2.76. The SMILES string of the molecule is CCC=CC1CCC(c2ccc(-c3ccc(COCCCC)cc3)cc2)CC1. The highest BCUT2D eigenvalue weighted by Gasteiger charge is 2.20. The first kappa shape index (κ1) is 20.9. The van der Waals surface area contributed by atoms with Gasteiger partial charge in [0.05, 0.1) is 6.61 Å². The molecule has 1 aliphatic carbocycles. The molecule has 0 heterocycles. The van der Waals surface area contributed by atoms with Gasteiger partial charge in [-0.25, -0.2) is 0 Å². The summed E-state index contributed by atoms with van der Waals surface area (Å²) in [5, 5.41) is 0. The van der Waals surface area contributed by atoms with E-state index in [1.54, 1.807) is 0 Å². The van der Waals surface area contributed by atoms with Crippen molar-refractivity contribution >= 4 is 0 Å². The number of ether oxygens (including phenoxy) is 1. The number of allylic oxidation sites excluding steroid dienone is 2. The Morgan fingerprint density at radius 2 is 1.50 bits per heavy atom. The lowest BCUT2D eigenvalue weighted by atomic mass is 9.78. The van der Waals surface area contributed by atoms with Gasteiger partial charge in [-0.3, -0.25) is 0 Å². The van der Waals surface area contributed by atoms with E-state index in [4.69, 9.17) is 4.74 Å². The third-order valence-corrected chi connectivity index (χ3v) is 6.00. The van der Waals surface area contributed by atoms with Gasteiger partial charge in [-0.2, -0.15) is 0 Å². The van der Waals surface area contributed by atoms with Crippen LogP contribution in [-0.2, 0) is 11.3 Å². The van der Waals surface area contributed by atoms with Crippen LogP contribution in [0.3, 0.4) is 0 Å². The molecule has 0 bridgehead atoms. The van der Waals surface area contributed by atoms with Gasteiger partial charge in [0.25, 0.3) is 0 Å². The summed E-state index contributed by atoms with van der Waals surface area (Å²) in [6.07, 6.45) is 13.6. The molecular weight excluding hydrogens is 340 g/mol. The lowest BCUT2D eigenvalue weighted by molar-refractivity contribution is 0.118. The third-order valence-electron chi connectivity index (χ3n) is 6.00. The van der Waals surface area contributed by atoms with Gasteiger partial charge in [0.2, 0.25) is 0 Å². The van der Waals surface area contributed by atoms with E-state index in [9.17, 15) is 0 Å². The maximum Gasteiger partial charge on any atom is 0.0716 e. The lowest BCUT2D eigenvalue weighted by Crippen LogP contribution is -2.11. The van der Waals surface area contributed by atoms with Gasteiger partial charge in [0, 0.05) is 6.61 Å². The van der Waals surface area contributed by atoms with Gasteiger partial charge in [0.15, 0.2) is 0 Å². The highest BCUT2D eigenvalue weighted by Crippen LogP contribution is 2.37. The molecule has 2 aromatic rings. The molecule has 1 saturated carbocycles. The predicted molar refractivity (Wildman–Crippen MR) is 121 cm³/mol. The van der Waals surface area contributed by atoms with Crippen LogP contribution in [0.5, 0.6) is 0 Å². The molecule has 0 spiro atoms. The highest BCUT2D eigenvalue weighted by atomic mass is 16.5. The summed E-state index contributed by atoms with van der Waals surface area (Å²) in [5.41, 5.74) is 5.37. The van der Waals surface area contributed by atoms with Gasteiger partial charge < -0.3 is 4.74 Å². The molecule has 1 heteroatoms. The maximum absolute atomic E-state index is 5.71. The second-order valence-electron chi connectivity index (χ2n) is 8.17. The smallest absolute Gasteiger partial charge is 0.0716 e. The normalized spacial score (nSPS) is 19.9. The molecule has 1 nitrogen and oxygen atoms in total. The molecule has 0 aliphatic heterocycles. The van der Waals surface area contributed by atoms with E-state index in [0.29, 0.717) is 0 Å². The van der Waals surface area contributed by atoms with Gasteiger partial charge in [-0.15, -0.1) is 0 Å². The van der Waals surface area contributed by atoms with Crippen molar-refractivity contribution in [2.45, 2.75) is 71.3 Å². The second-order valence-corrected chi connectivity index (χ2v) is 8.17. The molecule has 0 N–H and O–H groups in total. The number of benzene rings is 2. The second kappa shape index (κ2) is 11.2. The Morgan fingerprint density at radius 1 is 0.857 bits per heavy atom. The summed E-state index contributed by atoms with van der Waals surface area (Å²) < 4.78 is 5.71. The first-order valence-corrected chi connectivity index (χ1v) is 11.2. The fourth-order valence-electron chi connectivity index (χ4n) is 4.15. The van der Waals surface area contributed by atoms with E-state index in [1.807, 2.05) is 0 Å². The Hall–Kier alpha value is -1.86. The Kier molecular flexibility index (Phi) is 8.36. The number of hydrogen-bond acceptors (Lipinski definition) is 1. The molecule has 1 aliphatic rings. The molecule has 2 aromatic carbocycles. The molecule has 0 radical (unpaired) electrons. The van der Waals surface area contributed by atoms with Crippen molar-refractivity contribution in [3.8, 4) is 11.1 Å². The van der Waals surface area contributed by atoms with Gasteiger partial charge in [-0.1, -0.05) is 81.0 Å². The van der Waals surface area contributed by atoms with Crippen molar-refractivity contribution in [2.75, 3.05) is 6.61 Å². The first-order chi connectivity index (χ1) is 13.8. The Bertz CT molecular complexity index is 703. The van der Waals surface area contributed by atoms with Crippen molar-refractivity contribution in [3.63, 3.8) is 0 Å². The summed E-state index contributed by atoms with van der Waals surface area (Å²) >= 11 is 0. The van der Waals surface area contributed by atoms with Crippen LogP contribution in [0.4, 0.5) is 0 Å². The third kappa shape index (κ3) is 6.07. The van der Waals surface area contributed by atoms with E-state index >= 15 is 0 Å².